The molecule has 1 aromatic carbocycles. The third-order valence-electron chi connectivity index (χ3n) is 2.86. The van der Waals surface area contributed by atoms with Crippen molar-refractivity contribution < 1.29 is 0 Å². The number of benzene rings is 1. The van der Waals surface area contributed by atoms with Crippen LogP contribution in [0, 0.1) is 0 Å². The van der Waals surface area contributed by atoms with Gasteiger partial charge in [0.05, 0.1) is 18.1 Å². The molecule has 96 valence electrons. The zero-order chi connectivity index (χ0) is 13.0. The summed E-state index contributed by atoms with van der Waals surface area (Å²) in [5.41, 5.74) is 3.18. The van der Waals surface area contributed by atoms with Crippen molar-refractivity contribution in [1.29, 1.82) is 0 Å². The van der Waals surface area contributed by atoms with Crippen LogP contribution in [0.1, 0.15) is 30.2 Å². The Kier molecular flexibility index (Phi) is 4.67. The molecule has 18 heavy (non-hydrogen) atoms. The van der Waals surface area contributed by atoms with Crippen LogP contribution in [0.3, 0.4) is 0 Å². The first-order valence-corrected chi connectivity index (χ1v) is 7.01. The molecule has 0 saturated carbocycles. The molecule has 0 N–H and O–H groups in total. The molecule has 0 amide bonds. The lowest BCUT2D eigenvalue weighted by atomic mass is 10.2. The van der Waals surface area contributed by atoms with E-state index < -0.39 is 0 Å². The Hall–Kier alpha value is -0.990. The van der Waals surface area contributed by atoms with Gasteiger partial charge in [-0.2, -0.15) is 5.10 Å². The number of aryl methyl sites for hydroxylation is 1. The van der Waals surface area contributed by atoms with Crippen LogP contribution in [0.5, 0.6) is 0 Å². The monoisotopic (exact) mass is 282 g/mol. The standard InChI is InChI=1S/C14H16Cl2N2/c1-2-6-13-12(9-15)14(16)18(17-13)10-11-7-4-3-5-8-11/h3-5,7-8H,2,6,9-10H2,1H3. The number of halogens is 2. The van der Waals surface area contributed by atoms with Gasteiger partial charge in [0.1, 0.15) is 5.15 Å². The summed E-state index contributed by atoms with van der Waals surface area (Å²) in [5, 5.41) is 5.23. The van der Waals surface area contributed by atoms with E-state index in [4.69, 9.17) is 23.2 Å². The highest BCUT2D eigenvalue weighted by molar-refractivity contribution is 6.31. The largest absolute Gasteiger partial charge is 0.249 e. The van der Waals surface area contributed by atoms with Gasteiger partial charge in [-0.3, -0.25) is 0 Å². The van der Waals surface area contributed by atoms with E-state index in [1.807, 2.05) is 22.9 Å². The van der Waals surface area contributed by atoms with Gasteiger partial charge < -0.3 is 0 Å². The topological polar surface area (TPSA) is 17.8 Å². The van der Waals surface area contributed by atoms with Gasteiger partial charge in [0.15, 0.2) is 0 Å². The van der Waals surface area contributed by atoms with Gasteiger partial charge in [-0.15, -0.1) is 11.6 Å². The normalized spacial score (nSPS) is 10.8. The van der Waals surface area contributed by atoms with Gasteiger partial charge >= 0.3 is 0 Å². The van der Waals surface area contributed by atoms with Crippen molar-refractivity contribution in [2.45, 2.75) is 32.2 Å². The average Bonchev–Trinajstić information content (AvgIpc) is 2.67. The predicted molar refractivity (Wildman–Crippen MR) is 76.3 cm³/mol. The summed E-state index contributed by atoms with van der Waals surface area (Å²) in [6.45, 7) is 2.81. The number of hydrogen-bond donors (Lipinski definition) is 0. The van der Waals surface area contributed by atoms with Gasteiger partial charge in [-0.05, 0) is 12.0 Å². The number of hydrogen-bond acceptors (Lipinski definition) is 1. The number of nitrogens with zero attached hydrogens (tertiary/aromatic N) is 2. The van der Waals surface area contributed by atoms with Gasteiger partial charge in [0.25, 0.3) is 0 Å². The molecule has 1 aromatic heterocycles. The predicted octanol–water partition coefficient (Wildman–Crippen LogP) is 4.28. The van der Waals surface area contributed by atoms with Gasteiger partial charge in [-0.1, -0.05) is 55.3 Å². The van der Waals surface area contributed by atoms with Crippen LogP contribution in [0.2, 0.25) is 5.15 Å². The second kappa shape index (κ2) is 6.26. The summed E-state index contributed by atoms with van der Waals surface area (Å²) in [6.07, 6.45) is 1.96. The van der Waals surface area contributed by atoms with Gasteiger partial charge in [0, 0.05) is 5.56 Å². The lowest BCUT2D eigenvalue weighted by Gasteiger charge is -2.03. The molecule has 0 fully saturated rings. The molecule has 0 spiro atoms. The molecule has 0 radical (unpaired) electrons. The highest BCUT2D eigenvalue weighted by Crippen LogP contribution is 2.24. The van der Waals surface area contributed by atoms with Crippen molar-refractivity contribution in [3.05, 3.63) is 52.3 Å². The highest BCUT2D eigenvalue weighted by Gasteiger charge is 2.14. The first kappa shape index (κ1) is 13.4. The van der Waals surface area contributed by atoms with Crippen LogP contribution >= 0.6 is 23.2 Å². The zero-order valence-corrected chi connectivity index (χ0v) is 11.9. The molecule has 2 rings (SSSR count). The molecule has 0 aliphatic heterocycles. The minimum atomic E-state index is 0.420. The van der Waals surface area contributed by atoms with Gasteiger partial charge in [-0.25, -0.2) is 4.68 Å². The number of aromatic nitrogens is 2. The van der Waals surface area contributed by atoms with Crippen LogP contribution in [0.15, 0.2) is 30.3 Å². The molecule has 0 aliphatic carbocycles. The molecule has 2 aromatic rings. The molecule has 2 nitrogen and oxygen atoms in total. The maximum Gasteiger partial charge on any atom is 0.132 e. The molecule has 0 unspecified atom stereocenters. The fourth-order valence-corrected chi connectivity index (χ4v) is 2.58. The minimum absolute atomic E-state index is 0.420. The van der Waals surface area contributed by atoms with E-state index >= 15 is 0 Å². The molecule has 4 heteroatoms. The molecule has 0 atom stereocenters. The van der Waals surface area contributed by atoms with E-state index in [2.05, 4.69) is 24.2 Å². The Morgan fingerprint density at radius 2 is 1.94 bits per heavy atom. The fraction of sp³-hybridized carbons (Fsp3) is 0.357. The third-order valence-corrected chi connectivity index (χ3v) is 3.55. The van der Waals surface area contributed by atoms with Crippen LogP contribution < -0.4 is 0 Å². The first-order chi connectivity index (χ1) is 8.76. The van der Waals surface area contributed by atoms with Crippen molar-refractivity contribution in [2.75, 3.05) is 0 Å². The third kappa shape index (κ3) is 2.88. The van der Waals surface area contributed by atoms with Crippen LogP contribution in [0.4, 0.5) is 0 Å². The molecular formula is C14H16Cl2N2. The lowest BCUT2D eigenvalue weighted by Crippen LogP contribution is -2.02. The van der Waals surface area contributed by atoms with Crippen molar-refractivity contribution in [2.24, 2.45) is 0 Å². The SMILES string of the molecule is CCCc1nn(Cc2ccccc2)c(Cl)c1CCl. The quantitative estimate of drug-likeness (QED) is 0.749. The van der Waals surface area contributed by atoms with E-state index in [9.17, 15) is 0 Å². The van der Waals surface area contributed by atoms with Crippen LogP contribution in [-0.2, 0) is 18.8 Å². The summed E-state index contributed by atoms with van der Waals surface area (Å²) in [5.74, 6) is 0.420. The van der Waals surface area contributed by atoms with E-state index in [0.717, 1.165) is 24.1 Å². The van der Waals surface area contributed by atoms with E-state index in [-0.39, 0.29) is 0 Å². The smallest absolute Gasteiger partial charge is 0.132 e. The Balaban J connectivity index is 2.28. The molecule has 1 heterocycles. The zero-order valence-electron chi connectivity index (χ0n) is 10.4. The summed E-state index contributed by atoms with van der Waals surface area (Å²) in [6, 6.07) is 10.2. The molecule has 0 saturated heterocycles. The van der Waals surface area contributed by atoms with Crippen LogP contribution in [0.25, 0.3) is 0 Å². The summed E-state index contributed by atoms with van der Waals surface area (Å²) in [4.78, 5) is 0. The Morgan fingerprint density at radius 3 is 2.56 bits per heavy atom. The maximum atomic E-state index is 6.33. The number of rotatable bonds is 5. The summed E-state index contributed by atoms with van der Waals surface area (Å²) >= 11 is 12.3. The van der Waals surface area contributed by atoms with Crippen molar-refractivity contribution in [3.8, 4) is 0 Å². The Morgan fingerprint density at radius 1 is 1.22 bits per heavy atom. The number of alkyl halides is 1. The second-order valence-electron chi connectivity index (χ2n) is 4.24. The Labute approximate surface area is 118 Å². The highest BCUT2D eigenvalue weighted by atomic mass is 35.5. The Bertz CT molecular complexity index is 506. The fourth-order valence-electron chi connectivity index (χ4n) is 1.96. The minimum Gasteiger partial charge on any atom is -0.249 e. The van der Waals surface area contributed by atoms with Crippen LogP contribution in [-0.4, -0.2) is 9.78 Å². The summed E-state index contributed by atoms with van der Waals surface area (Å²) < 4.78 is 1.83. The van der Waals surface area contributed by atoms with E-state index in [1.165, 1.54) is 5.56 Å². The average molecular weight is 283 g/mol. The maximum absolute atomic E-state index is 6.33. The lowest BCUT2D eigenvalue weighted by molar-refractivity contribution is 0.668. The molecule has 0 bridgehead atoms. The van der Waals surface area contributed by atoms with Crippen molar-refractivity contribution in [1.82, 2.24) is 9.78 Å². The van der Waals surface area contributed by atoms with E-state index in [1.54, 1.807) is 0 Å². The van der Waals surface area contributed by atoms with Crippen molar-refractivity contribution >= 4 is 23.2 Å². The molecule has 0 aliphatic rings. The molecular weight excluding hydrogens is 267 g/mol. The van der Waals surface area contributed by atoms with Crippen molar-refractivity contribution in [3.63, 3.8) is 0 Å². The van der Waals surface area contributed by atoms with Gasteiger partial charge in [0.2, 0.25) is 0 Å². The van der Waals surface area contributed by atoms with E-state index in [0.29, 0.717) is 17.6 Å². The summed E-state index contributed by atoms with van der Waals surface area (Å²) in [7, 11) is 0. The first-order valence-electron chi connectivity index (χ1n) is 6.10. The second-order valence-corrected chi connectivity index (χ2v) is 4.87.